The molecule has 1 aromatic heterocycles. The van der Waals surface area contributed by atoms with Gasteiger partial charge in [-0.25, -0.2) is 8.42 Å². The number of halogens is 1. The molecule has 2 aromatic rings. The summed E-state index contributed by atoms with van der Waals surface area (Å²) in [5.41, 5.74) is 0.908. The van der Waals surface area contributed by atoms with E-state index in [9.17, 15) is 13.2 Å². The largest absolute Gasteiger partial charge is 0.294 e. The van der Waals surface area contributed by atoms with Crippen molar-refractivity contribution >= 4 is 44.4 Å². The molecule has 0 fully saturated rings. The Bertz CT molecular complexity index is 798. The minimum Gasteiger partial charge on any atom is -0.294 e. The van der Waals surface area contributed by atoms with E-state index in [0.29, 0.717) is 35.0 Å². The molecule has 0 aliphatic carbocycles. The topological polar surface area (TPSA) is 54.5 Å². The Hall–Kier alpha value is -1.37. The summed E-state index contributed by atoms with van der Waals surface area (Å²) >= 11 is 6.86. The third-order valence-electron chi connectivity index (χ3n) is 3.33. The maximum atomic E-state index is 12.8. The number of fused-ring (bicyclic) bond motifs is 1. The van der Waals surface area contributed by atoms with E-state index in [1.807, 2.05) is 0 Å². The third kappa shape index (κ3) is 2.59. The first-order valence-electron chi connectivity index (χ1n) is 6.40. The lowest BCUT2D eigenvalue weighted by Crippen LogP contribution is -2.31. The molecule has 4 nitrogen and oxygen atoms in total. The van der Waals surface area contributed by atoms with Gasteiger partial charge in [-0.1, -0.05) is 23.7 Å². The summed E-state index contributed by atoms with van der Waals surface area (Å²) in [4.78, 5) is 12.1. The van der Waals surface area contributed by atoms with Crippen LogP contribution in [-0.4, -0.2) is 20.7 Å². The second-order valence-corrected chi connectivity index (χ2v) is 8.48. The van der Waals surface area contributed by atoms with Gasteiger partial charge in [0, 0.05) is 18.5 Å². The molecule has 0 amide bonds. The smallest absolute Gasteiger partial charge is 0.273 e. The molecule has 0 atom stereocenters. The Labute approximate surface area is 132 Å². The highest BCUT2D eigenvalue weighted by molar-refractivity contribution is 7.94. The van der Waals surface area contributed by atoms with Crippen molar-refractivity contribution in [2.75, 3.05) is 10.8 Å². The van der Waals surface area contributed by atoms with E-state index < -0.39 is 10.0 Å². The number of carbonyl (C=O) groups excluding carboxylic acids is 1. The number of rotatable bonds is 2. The fourth-order valence-corrected chi connectivity index (χ4v) is 5.48. The maximum absolute atomic E-state index is 12.8. The highest BCUT2D eigenvalue weighted by Crippen LogP contribution is 2.34. The molecule has 0 saturated heterocycles. The Morgan fingerprint density at radius 3 is 2.62 bits per heavy atom. The molecule has 0 saturated carbocycles. The predicted molar refractivity (Wildman–Crippen MR) is 83.9 cm³/mol. The molecule has 1 aliphatic heterocycles. The van der Waals surface area contributed by atoms with E-state index in [2.05, 4.69) is 0 Å². The first-order chi connectivity index (χ1) is 10.00. The van der Waals surface area contributed by atoms with E-state index in [-0.39, 0.29) is 9.99 Å². The summed E-state index contributed by atoms with van der Waals surface area (Å²) in [6.07, 6.45) is 0.861. The third-order valence-corrected chi connectivity index (χ3v) is 6.84. The Morgan fingerprint density at radius 2 is 1.90 bits per heavy atom. The van der Waals surface area contributed by atoms with E-state index >= 15 is 0 Å². The zero-order valence-corrected chi connectivity index (χ0v) is 13.3. The molecule has 0 unspecified atom stereocenters. The zero-order chi connectivity index (χ0) is 15.0. The van der Waals surface area contributed by atoms with Crippen molar-refractivity contribution < 1.29 is 13.2 Å². The predicted octanol–water partition coefficient (Wildman–Crippen LogP) is 3.57. The van der Waals surface area contributed by atoms with Gasteiger partial charge in [-0.3, -0.25) is 9.10 Å². The van der Waals surface area contributed by atoms with Gasteiger partial charge in [-0.05, 0) is 30.7 Å². The van der Waals surface area contributed by atoms with Crippen molar-refractivity contribution in [3.8, 4) is 0 Å². The lowest BCUT2D eigenvalue weighted by Gasteiger charge is -2.23. The minimum absolute atomic E-state index is 0.0208. The number of benzene rings is 1. The zero-order valence-electron chi connectivity index (χ0n) is 11.0. The van der Waals surface area contributed by atoms with Crippen molar-refractivity contribution in [3.63, 3.8) is 0 Å². The standard InChI is InChI=1S/C14H12ClNO3S2/c15-13-7-8-14(20-13)21(18,19)16-9-3-6-12(17)10-4-1-2-5-11(10)16/h1-2,4-5,7-8H,3,6,9H2. The van der Waals surface area contributed by atoms with E-state index in [4.69, 9.17) is 11.6 Å². The van der Waals surface area contributed by atoms with Crippen molar-refractivity contribution in [1.29, 1.82) is 0 Å². The average molecular weight is 342 g/mol. The number of para-hydroxylation sites is 1. The van der Waals surface area contributed by atoms with Gasteiger partial charge in [0.2, 0.25) is 0 Å². The van der Waals surface area contributed by atoms with Crippen LogP contribution in [0.1, 0.15) is 23.2 Å². The molecule has 0 spiro atoms. The average Bonchev–Trinajstić information content (AvgIpc) is 2.83. The van der Waals surface area contributed by atoms with Gasteiger partial charge in [0.25, 0.3) is 10.0 Å². The number of hydrogen-bond acceptors (Lipinski definition) is 4. The second-order valence-electron chi connectivity index (χ2n) is 4.68. The first kappa shape index (κ1) is 14.6. The van der Waals surface area contributed by atoms with Crippen LogP contribution in [0.3, 0.4) is 0 Å². The molecular formula is C14H12ClNO3S2. The summed E-state index contributed by atoms with van der Waals surface area (Å²) in [6.45, 7) is 0.292. The van der Waals surface area contributed by atoms with Crippen LogP contribution in [0.5, 0.6) is 0 Å². The van der Waals surface area contributed by atoms with Gasteiger partial charge < -0.3 is 0 Å². The van der Waals surface area contributed by atoms with Crippen molar-refractivity contribution in [2.45, 2.75) is 17.1 Å². The molecule has 0 N–H and O–H groups in total. The number of anilines is 1. The van der Waals surface area contributed by atoms with E-state index in [0.717, 1.165) is 11.3 Å². The van der Waals surface area contributed by atoms with Gasteiger partial charge in [0.1, 0.15) is 4.21 Å². The van der Waals surface area contributed by atoms with Crippen LogP contribution in [0.25, 0.3) is 0 Å². The molecule has 1 aliphatic rings. The summed E-state index contributed by atoms with van der Waals surface area (Å²) in [6, 6.07) is 9.89. The van der Waals surface area contributed by atoms with Gasteiger partial charge in [0.05, 0.1) is 10.0 Å². The van der Waals surface area contributed by atoms with Gasteiger partial charge in [-0.15, -0.1) is 11.3 Å². The summed E-state index contributed by atoms with van der Waals surface area (Å²) in [5, 5.41) is 0. The quantitative estimate of drug-likeness (QED) is 0.839. The highest BCUT2D eigenvalue weighted by Gasteiger charge is 2.31. The summed E-state index contributed by atoms with van der Waals surface area (Å²) < 4.78 is 27.5. The van der Waals surface area contributed by atoms with Crippen LogP contribution in [0, 0.1) is 0 Å². The number of Topliss-reactive ketones (excluding diaryl/α,β-unsaturated/α-hetero) is 1. The van der Waals surface area contributed by atoms with Crippen molar-refractivity contribution in [2.24, 2.45) is 0 Å². The van der Waals surface area contributed by atoms with Crippen LogP contribution in [0.15, 0.2) is 40.6 Å². The van der Waals surface area contributed by atoms with Crippen LogP contribution >= 0.6 is 22.9 Å². The monoisotopic (exact) mass is 341 g/mol. The van der Waals surface area contributed by atoms with Crippen LogP contribution in [-0.2, 0) is 10.0 Å². The molecule has 110 valence electrons. The molecule has 0 radical (unpaired) electrons. The summed E-state index contributed by atoms with van der Waals surface area (Å²) in [7, 11) is -3.69. The van der Waals surface area contributed by atoms with Gasteiger partial charge >= 0.3 is 0 Å². The molecular weight excluding hydrogens is 330 g/mol. The van der Waals surface area contributed by atoms with Crippen LogP contribution < -0.4 is 4.31 Å². The Kier molecular flexibility index (Phi) is 3.77. The fraction of sp³-hybridized carbons (Fsp3) is 0.214. The highest BCUT2D eigenvalue weighted by atomic mass is 35.5. The molecule has 7 heteroatoms. The number of ketones is 1. The van der Waals surface area contributed by atoms with Gasteiger partial charge in [0.15, 0.2) is 5.78 Å². The molecule has 1 aromatic carbocycles. The van der Waals surface area contributed by atoms with Crippen molar-refractivity contribution in [1.82, 2.24) is 0 Å². The normalized spacial score (nSPS) is 15.7. The first-order valence-corrected chi connectivity index (χ1v) is 9.04. The lowest BCUT2D eigenvalue weighted by atomic mass is 10.1. The Morgan fingerprint density at radius 1 is 1.14 bits per heavy atom. The molecule has 3 rings (SSSR count). The molecule has 0 bridgehead atoms. The number of nitrogens with zero attached hydrogens (tertiary/aromatic N) is 1. The SMILES string of the molecule is O=C1CCCN(S(=O)(=O)c2ccc(Cl)s2)c2ccccc21. The number of carbonyl (C=O) groups is 1. The maximum Gasteiger partial charge on any atom is 0.273 e. The fourth-order valence-electron chi connectivity index (χ4n) is 2.36. The van der Waals surface area contributed by atoms with Crippen LogP contribution in [0.2, 0.25) is 4.34 Å². The van der Waals surface area contributed by atoms with Crippen LogP contribution in [0.4, 0.5) is 5.69 Å². The number of sulfonamides is 1. The van der Waals surface area contributed by atoms with Crippen molar-refractivity contribution in [3.05, 3.63) is 46.3 Å². The summed E-state index contributed by atoms with van der Waals surface area (Å²) in [5.74, 6) is -0.0208. The number of thiophene rings is 1. The Balaban J connectivity index is 2.14. The lowest BCUT2D eigenvalue weighted by molar-refractivity contribution is 0.0984. The second kappa shape index (κ2) is 5.44. The number of hydrogen-bond donors (Lipinski definition) is 0. The van der Waals surface area contributed by atoms with E-state index in [1.165, 1.54) is 10.4 Å². The van der Waals surface area contributed by atoms with Gasteiger partial charge in [-0.2, -0.15) is 0 Å². The molecule has 2 heterocycles. The van der Waals surface area contributed by atoms with E-state index in [1.54, 1.807) is 30.3 Å². The molecule has 21 heavy (non-hydrogen) atoms. The minimum atomic E-state index is -3.69.